The Morgan fingerprint density at radius 1 is 1.33 bits per heavy atom. The number of hydrogen-bond acceptors (Lipinski definition) is 4. The molecule has 7 nitrogen and oxygen atoms in total. The predicted octanol–water partition coefficient (Wildman–Crippen LogP) is 1.30. The number of rotatable bonds is 4. The Balaban J connectivity index is 1.58. The molecule has 1 atom stereocenters. The molecule has 0 radical (unpaired) electrons. The van der Waals surface area contributed by atoms with E-state index in [0.29, 0.717) is 25.1 Å². The molecule has 1 aromatic rings. The van der Waals surface area contributed by atoms with E-state index in [9.17, 15) is 9.59 Å². The number of hydrogen-bond donors (Lipinski definition) is 1. The number of aryl methyl sites for hydroxylation is 2. The first-order chi connectivity index (χ1) is 11.5. The zero-order chi connectivity index (χ0) is 17.2. The van der Waals surface area contributed by atoms with E-state index in [0.717, 1.165) is 51.3 Å². The maximum absolute atomic E-state index is 12.6. The van der Waals surface area contributed by atoms with Crippen molar-refractivity contribution in [2.24, 2.45) is 5.41 Å². The largest absolute Gasteiger partial charge is 0.342 e. The molecule has 0 aliphatic carbocycles. The monoisotopic (exact) mass is 333 g/mol. The Morgan fingerprint density at radius 3 is 2.88 bits per heavy atom. The molecule has 1 unspecified atom stereocenters. The number of carbonyl (C=O) groups excluding carboxylic acids is 2. The molecule has 132 valence electrons. The minimum atomic E-state index is 0.0962. The quantitative estimate of drug-likeness (QED) is 0.900. The Labute approximate surface area is 142 Å². The van der Waals surface area contributed by atoms with Crippen LogP contribution in [0.15, 0.2) is 0 Å². The normalized spacial score (nSPS) is 24.7. The molecule has 3 heterocycles. The molecule has 3 rings (SSSR count). The van der Waals surface area contributed by atoms with Crippen molar-refractivity contribution in [1.82, 2.24) is 25.0 Å². The number of carbonyl (C=O) groups is 2. The summed E-state index contributed by atoms with van der Waals surface area (Å²) >= 11 is 0. The predicted molar refractivity (Wildman–Crippen MR) is 89.2 cm³/mol. The zero-order valence-electron chi connectivity index (χ0n) is 14.7. The van der Waals surface area contributed by atoms with Crippen molar-refractivity contribution in [1.29, 1.82) is 0 Å². The SMILES string of the molecule is CCN1CC2(CCCN(C(=O)CCc3n[nH]c(C)n3)C2)CCC1=O. The van der Waals surface area contributed by atoms with Gasteiger partial charge in [-0.3, -0.25) is 14.7 Å². The molecular formula is C17H27N5O2. The lowest BCUT2D eigenvalue weighted by Gasteiger charge is -2.48. The lowest BCUT2D eigenvalue weighted by Crippen LogP contribution is -2.55. The first-order valence-corrected chi connectivity index (χ1v) is 8.95. The third kappa shape index (κ3) is 3.60. The van der Waals surface area contributed by atoms with Crippen LogP contribution in [0.2, 0.25) is 0 Å². The summed E-state index contributed by atoms with van der Waals surface area (Å²) in [5.74, 6) is 1.91. The van der Waals surface area contributed by atoms with Gasteiger partial charge >= 0.3 is 0 Å². The molecule has 2 saturated heterocycles. The van der Waals surface area contributed by atoms with Crippen molar-refractivity contribution in [2.75, 3.05) is 26.2 Å². The summed E-state index contributed by atoms with van der Waals surface area (Å²) in [6, 6.07) is 0. The van der Waals surface area contributed by atoms with Crippen LogP contribution in [0.5, 0.6) is 0 Å². The van der Waals surface area contributed by atoms with E-state index in [1.807, 2.05) is 23.6 Å². The highest BCUT2D eigenvalue weighted by atomic mass is 16.2. The van der Waals surface area contributed by atoms with Gasteiger partial charge in [0.25, 0.3) is 0 Å². The number of nitrogens with one attached hydrogen (secondary N) is 1. The van der Waals surface area contributed by atoms with Crippen molar-refractivity contribution >= 4 is 11.8 Å². The van der Waals surface area contributed by atoms with Gasteiger partial charge in [-0.1, -0.05) is 0 Å². The fourth-order valence-corrected chi connectivity index (χ4v) is 4.02. The third-order valence-electron chi connectivity index (χ3n) is 5.35. The molecule has 1 N–H and O–H groups in total. The molecule has 0 aromatic carbocycles. The van der Waals surface area contributed by atoms with E-state index in [1.54, 1.807) is 0 Å². The van der Waals surface area contributed by atoms with E-state index >= 15 is 0 Å². The van der Waals surface area contributed by atoms with E-state index in [1.165, 1.54) is 0 Å². The maximum Gasteiger partial charge on any atom is 0.223 e. The van der Waals surface area contributed by atoms with Gasteiger partial charge < -0.3 is 9.80 Å². The summed E-state index contributed by atoms with van der Waals surface area (Å²) < 4.78 is 0. The second-order valence-corrected chi connectivity index (χ2v) is 7.16. The zero-order valence-corrected chi connectivity index (χ0v) is 14.7. The molecule has 7 heteroatoms. The summed E-state index contributed by atoms with van der Waals surface area (Å²) in [7, 11) is 0. The number of amides is 2. The van der Waals surface area contributed by atoms with Crippen molar-refractivity contribution in [2.45, 2.75) is 52.4 Å². The second kappa shape index (κ2) is 6.91. The van der Waals surface area contributed by atoms with E-state index in [2.05, 4.69) is 15.2 Å². The highest BCUT2D eigenvalue weighted by Crippen LogP contribution is 2.38. The van der Waals surface area contributed by atoms with Gasteiger partial charge in [-0.25, -0.2) is 4.98 Å². The summed E-state index contributed by atoms with van der Waals surface area (Å²) in [5.41, 5.74) is 0.0962. The number of likely N-dealkylation sites (tertiary alicyclic amines) is 2. The molecule has 0 saturated carbocycles. The van der Waals surface area contributed by atoms with Gasteiger partial charge in [-0.2, -0.15) is 5.10 Å². The lowest BCUT2D eigenvalue weighted by atomic mass is 9.73. The fraction of sp³-hybridized carbons (Fsp3) is 0.765. The van der Waals surface area contributed by atoms with Gasteiger partial charge in [0.15, 0.2) is 5.82 Å². The lowest BCUT2D eigenvalue weighted by molar-refractivity contribution is -0.142. The Kier molecular flexibility index (Phi) is 4.87. The Bertz CT molecular complexity index is 614. The van der Waals surface area contributed by atoms with Gasteiger partial charge in [-0.05, 0) is 33.1 Å². The number of aromatic amines is 1. The summed E-state index contributed by atoms with van der Waals surface area (Å²) in [6.07, 6.45) is 4.69. The van der Waals surface area contributed by atoms with Gasteiger partial charge in [0.05, 0.1) is 0 Å². The standard InChI is InChI=1S/C17H27N5O2/c1-3-21-11-17(9-7-16(21)24)8-4-10-22(12-17)15(23)6-5-14-18-13(2)19-20-14/h3-12H2,1-2H3,(H,18,19,20). The van der Waals surface area contributed by atoms with Crippen molar-refractivity contribution in [3.05, 3.63) is 11.6 Å². The van der Waals surface area contributed by atoms with Crippen LogP contribution in [0, 0.1) is 12.3 Å². The second-order valence-electron chi connectivity index (χ2n) is 7.16. The maximum atomic E-state index is 12.6. The molecule has 2 aliphatic heterocycles. The topological polar surface area (TPSA) is 82.2 Å². The molecule has 0 bridgehead atoms. The minimum absolute atomic E-state index is 0.0962. The third-order valence-corrected chi connectivity index (χ3v) is 5.35. The van der Waals surface area contributed by atoms with Crippen LogP contribution >= 0.6 is 0 Å². The highest BCUT2D eigenvalue weighted by molar-refractivity contribution is 5.78. The molecular weight excluding hydrogens is 306 g/mol. The van der Waals surface area contributed by atoms with E-state index < -0.39 is 0 Å². The highest BCUT2D eigenvalue weighted by Gasteiger charge is 2.42. The van der Waals surface area contributed by atoms with Crippen LogP contribution in [0.3, 0.4) is 0 Å². The Morgan fingerprint density at radius 2 is 2.17 bits per heavy atom. The number of H-pyrrole nitrogens is 1. The van der Waals surface area contributed by atoms with Gasteiger partial charge in [-0.15, -0.1) is 0 Å². The summed E-state index contributed by atoms with van der Waals surface area (Å²) in [4.78, 5) is 32.8. The van der Waals surface area contributed by atoms with E-state index in [4.69, 9.17) is 0 Å². The van der Waals surface area contributed by atoms with Crippen molar-refractivity contribution < 1.29 is 9.59 Å². The number of piperidine rings is 2. The molecule has 2 amide bonds. The van der Waals surface area contributed by atoms with Crippen LogP contribution in [-0.4, -0.2) is 63.0 Å². The van der Waals surface area contributed by atoms with Crippen LogP contribution in [-0.2, 0) is 16.0 Å². The van der Waals surface area contributed by atoms with Gasteiger partial charge in [0, 0.05) is 50.9 Å². The average molecular weight is 333 g/mol. The molecule has 1 aromatic heterocycles. The Hall–Kier alpha value is -1.92. The molecule has 2 fully saturated rings. The van der Waals surface area contributed by atoms with Crippen LogP contribution < -0.4 is 0 Å². The number of aromatic nitrogens is 3. The molecule has 24 heavy (non-hydrogen) atoms. The van der Waals surface area contributed by atoms with Crippen LogP contribution in [0.4, 0.5) is 0 Å². The molecule has 1 spiro atoms. The van der Waals surface area contributed by atoms with Gasteiger partial charge in [0.1, 0.15) is 5.82 Å². The minimum Gasteiger partial charge on any atom is -0.342 e. The fourth-order valence-electron chi connectivity index (χ4n) is 4.02. The van der Waals surface area contributed by atoms with Crippen molar-refractivity contribution in [3.63, 3.8) is 0 Å². The first-order valence-electron chi connectivity index (χ1n) is 8.95. The molecule has 2 aliphatic rings. The van der Waals surface area contributed by atoms with E-state index in [-0.39, 0.29) is 17.2 Å². The van der Waals surface area contributed by atoms with Gasteiger partial charge in [0.2, 0.25) is 11.8 Å². The summed E-state index contributed by atoms with van der Waals surface area (Å²) in [6.45, 7) is 7.05. The van der Waals surface area contributed by atoms with Crippen LogP contribution in [0.1, 0.15) is 50.7 Å². The smallest absolute Gasteiger partial charge is 0.223 e. The first kappa shape index (κ1) is 16.9. The van der Waals surface area contributed by atoms with Crippen molar-refractivity contribution in [3.8, 4) is 0 Å². The van der Waals surface area contributed by atoms with Crippen LogP contribution in [0.25, 0.3) is 0 Å². The summed E-state index contributed by atoms with van der Waals surface area (Å²) in [5, 5.41) is 6.90. The number of nitrogens with zero attached hydrogens (tertiary/aromatic N) is 4. The average Bonchev–Trinajstić information content (AvgIpc) is 3.01.